The first-order chi connectivity index (χ1) is 7.57. The normalized spacial score (nSPS) is 9.81. The smallest absolute Gasteiger partial charge is 0.250 e. The van der Waals surface area contributed by atoms with Gasteiger partial charge in [0.05, 0.1) is 21.7 Å². The SMILES string of the molecule is N#CCCCc1ccc(Cl)c(Cl)c1C(N)=O. The highest BCUT2D eigenvalue weighted by Crippen LogP contribution is 2.29. The van der Waals surface area contributed by atoms with Crippen LogP contribution in [0, 0.1) is 11.3 Å². The van der Waals surface area contributed by atoms with Crippen molar-refractivity contribution in [2.45, 2.75) is 19.3 Å². The van der Waals surface area contributed by atoms with Crippen molar-refractivity contribution in [2.24, 2.45) is 5.73 Å². The largest absolute Gasteiger partial charge is 0.366 e. The molecule has 0 spiro atoms. The minimum Gasteiger partial charge on any atom is -0.366 e. The maximum atomic E-state index is 11.2. The van der Waals surface area contributed by atoms with Gasteiger partial charge in [-0.25, -0.2) is 0 Å². The lowest BCUT2D eigenvalue weighted by atomic mass is 10.0. The van der Waals surface area contributed by atoms with Crippen molar-refractivity contribution in [3.8, 4) is 6.07 Å². The van der Waals surface area contributed by atoms with Crippen molar-refractivity contribution >= 4 is 29.1 Å². The van der Waals surface area contributed by atoms with Crippen molar-refractivity contribution in [3.05, 3.63) is 33.3 Å². The first-order valence-corrected chi connectivity index (χ1v) is 5.47. The summed E-state index contributed by atoms with van der Waals surface area (Å²) in [6.07, 6.45) is 1.68. The minimum atomic E-state index is -0.598. The van der Waals surface area contributed by atoms with Gasteiger partial charge in [0.1, 0.15) is 0 Å². The summed E-state index contributed by atoms with van der Waals surface area (Å²) < 4.78 is 0. The first kappa shape index (κ1) is 12.8. The van der Waals surface area contributed by atoms with Crippen LogP contribution in [0.1, 0.15) is 28.8 Å². The van der Waals surface area contributed by atoms with Crippen molar-refractivity contribution in [3.63, 3.8) is 0 Å². The van der Waals surface area contributed by atoms with E-state index in [2.05, 4.69) is 0 Å². The van der Waals surface area contributed by atoms with Crippen LogP contribution in [0.5, 0.6) is 0 Å². The molecular formula is C11H10Cl2N2O. The molecule has 5 heteroatoms. The molecule has 3 nitrogen and oxygen atoms in total. The Morgan fingerprint density at radius 2 is 2.12 bits per heavy atom. The second-order valence-corrected chi connectivity index (χ2v) is 4.06. The van der Waals surface area contributed by atoms with E-state index in [9.17, 15) is 4.79 Å². The van der Waals surface area contributed by atoms with Gasteiger partial charge in [0.25, 0.3) is 5.91 Å². The number of benzene rings is 1. The molecule has 1 amide bonds. The summed E-state index contributed by atoms with van der Waals surface area (Å²) in [6.45, 7) is 0. The number of nitrogens with zero attached hydrogens (tertiary/aromatic N) is 1. The standard InChI is InChI=1S/C11H10Cl2N2O/c12-8-5-4-7(3-1-2-6-14)9(10(8)13)11(15)16/h4-5H,1-3H2,(H2,15,16). The highest BCUT2D eigenvalue weighted by Gasteiger charge is 2.15. The summed E-state index contributed by atoms with van der Waals surface area (Å²) in [5.74, 6) is -0.598. The van der Waals surface area contributed by atoms with E-state index in [1.54, 1.807) is 12.1 Å². The van der Waals surface area contributed by atoms with Gasteiger partial charge in [-0.1, -0.05) is 29.3 Å². The number of nitrogens with two attached hydrogens (primary N) is 1. The average molecular weight is 257 g/mol. The van der Waals surface area contributed by atoms with Gasteiger partial charge in [0.2, 0.25) is 0 Å². The van der Waals surface area contributed by atoms with Crippen molar-refractivity contribution in [1.82, 2.24) is 0 Å². The van der Waals surface area contributed by atoms with Crippen LogP contribution in [-0.4, -0.2) is 5.91 Å². The molecule has 0 aliphatic rings. The fourth-order valence-electron chi connectivity index (χ4n) is 1.42. The van der Waals surface area contributed by atoms with Crippen LogP contribution in [0.25, 0.3) is 0 Å². The Labute approximate surface area is 104 Å². The summed E-state index contributed by atoms with van der Waals surface area (Å²) in [5.41, 5.74) is 6.23. The van der Waals surface area contributed by atoms with Crippen LogP contribution < -0.4 is 5.73 Å². The van der Waals surface area contributed by atoms with Gasteiger partial charge >= 0.3 is 0 Å². The predicted molar refractivity (Wildman–Crippen MR) is 63.5 cm³/mol. The Hall–Kier alpha value is -1.24. The predicted octanol–water partition coefficient (Wildman–Crippen LogP) is 2.94. The molecule has 0 aliphatic carbocycles. The van der Waals surface area contributed by atoms with Gasteiger partial charge in [0, 0.05) is 6.42 Å². The Morgan fingerprint density at radius 3 is 2.69 bits per heavy atom. The van der Waals surface area contributed by atoms with Crippen LogP contribution >= 0.6 is 23.2 Å². The average Bonchev–Trinajstić information content (AvgIpc) is 2.23. The summed E-state index contributed by atoms with van der Waals surface area (Å²) in [6, 6.07) is 5.37. The molecule has 0 saturated carbocycles. The Kier molecular flexibility index (Phi) is 4.60. The minimum absolute atomic E-state index is 0.184. The maximum Gasteiger partial charge on any atom is 0.250 e. The van der Waals surface area contributed by atoms with E-state index in [1.807, 2.05) is 6.07 Å². The fourth-order valence-corrected chi connectivity index (χ4v) is 1.86. The van der Waals surface area contributed by atoms with E-state index < -0.39 is 5.91 Å². The highest BCUT2D eigenvalue weighted by molar-refractivity contribution is 6.44. The van der Waals surface area contributed by atoms with Crippen molar-refractivity contribution < 1.29 is 4.79 Å². The van der Waals surface area contributed by atoms with Crippen LogP contribution in [-0.2, 0) is 6.42 Å². The number of aryl methyl sites for hydroxylation is 1. The van der Waals surface area contributed by atoms with E-state index in [0.29, 0.717) is 24.3 Å². The molecule has 16 heavy (non-hydrogen) atoms. The number of hydrogen-bond donors (Lipinski definition) is 1. The number of unbranched alkanes of at least 4 members (excludes halogenated alkanes) is 1. The van der Waals surface area contributed by atoms with Crippen LogP contribution in [0.3, 0.4) is 0 Å². The zero-order valence-electron chi connectivity index (χ0n) is 8.46. The summed E-state index contributed by atoms with van der Waals surface area (Å²) >= 11 is 11.7. The zero-order valence-corrected chi connectivity index (χ0v) is 9.98. The van der Waals surface area contributed by atoms with Crippen molar-refractivity contribution in [2.75, 3.05) is 0 Å². The zero-order chi connectivity index (χ0) is 12.1. The third-order valence-electron chi connectivity index (χ3n) is 2.16. The third-order valence-corrected chi connectivity index (χ3v) is 2.97. The lowest BCUT2D eigenvalue weighted by Gasteiger charge is -2.08. The quantitative estimate of drug-likeness (QED) is 0.842. The third kappa shape index (κ3) is 2.88. The van der Waals surface area contributed by atoms with Gasteiger partial charge in [-0.3, -0.25) is 4.79 Å². The van der Waals surface area contributed by atoms with E-state index in [-0.39, 0.29) is 10.6 Å². The number of halogens is 2. The fraction of sp³-hybridized carbons (Fsp3) is 0.273. The van der Waals surface area contributed by atoms with Gasteiger partial charge < -0.3 is 5.73 Å². The summed E-state index contributed by atoms with van der Waals surface area (Å²) in [7, 11) is 0. The molecule has 2 N–H and O–H groups in total. The topological polar surface area (TPSA) is 66.9 Å². The van der Waals surface area contributed by atoms with E-state index >= 15 is 0 Å². The molecule has 0 atom stereocenters. The molecule has 0 saturated heterocycles. The molecule has 84 valence electrons. The van der Waals surface area contributed by atoms with Crippen LogP contribution in [0.2, 0.25) is 10.0 Å². The molecule has 1 aromatic carbocycles. The lowest BCUT2D eigenvalue weighted by molar-refractivity contribution is 0.0999. The number of carbonyl (C=O) groups is 1. The molecule has 0 fully saturated rings. The number of amides is 1. The van der Waals surface area contributed by atoms with E-state index in [1.165, 1.54) is 0 Å². The first-order valence-electron chi connectivity index (χ1n) is 4.71. The van der Waals surface area contributed by atoms with E-state index in [0.717, 1.165) is 5.56 Å². The van der Waals surface area contributed by atoms with Gasteiger partial charge in [-0.2, -0.15) is 5.26 Å². The Morgan fingerprint density at radius 1 is 1.44 bits per heavy atom. The van der Waals surface area contributed by atoms with Crippen molar-refractivity contribution in [1.29, 1.82) is 5.26 Å². The highest BCUT2D eigenvalue weighted by atomic mass is 35.5. The van der Waals surface area contributed by atoms with Crippen LogP contribution in [0.4, 0.5) is 0 Å². The number of carbonyl (C=O) groups excluding carboxylic acids is 1. The summed E-state index contributed by atoms with van der Waals surface area (Å²) in [4.78, 5) is 11.2. The van der Waals surface area contributed by atoms with Gasteiger partial charge in [-0.15, -0.1) is 0 Å². The second kappa shape index (κ2) is 5.74. The molecule has 0 bridgehead atoms. The summed E-state index contributed by atoms with van der Waals surface area (Å²) in [5, 5.41) is 8.92. The molecular weight excluding hydrogens is 247 g/mol. The molecule has 0 aliphatic heterocycles. The Balaban J connectivity index is 3.05. The van der Waals surface area contributed by atoms with Gasteiger partial charge in [0.15, 0.2) is 0 Å². The molecule has 1 aromatic rings. The molecule has 0 heterocycles. The molecule has 0 unspecified atom stereocenters. The van der Waals surface area contributed by atoms with E-state index in [4.69, 9.17) is 34.2 Å². The number of hydrogen-bond acceptors (Lipinski definition) is 2. The monoisotopic (exact) mass is 256 g/mol. The molecule has 1 rings (SSSR count). The number of rotatable bonds is 4. The molecule has 0 aromatic heterocycles. The number of primary amides is 1. The second-order valence-electron chi connectivity index (χ2n) is 3.27. The van der Waals surface area contributed by atoms with Gasteiger partial charge in [-0.05, 0) is 24.5 Å². The number of nitriles is 1. The Bertz CT molecular complexity index is 452. The lowest BCUT2D eigenvalue weighted by Crippen LogP contribution is -2.14. The maximum absolute atomic E-state index is 11.2. The molecule has 0 radical (unpaired) electrons. The van der Waals surface area contributed by atoms with Crippen LogP contribution in [0.15, 0.2) is 12.1 Å².